The second kappa shape index (κ2) is 13.3. The first-order valence-corrected chi connectivity index (χ1v) is 20.1. The van der Waals surface area contributed by atoms with Crippen LogP contribution in [-0.2, 0) is 9.47 Å². The van der Waals surface area contributed by atoms with E-state index in [1.807, 2.05) is 52.6 Å². The summed E-state index contributed by atoms with van der Waals surface area (Å²) in [6, 6.07) is 19.8. The molecule has 0 radical (unpaired) electrons. The lowest BCUT2D eigenvalue weighted by Crippen LogP contribution is -2.36. The molecule has 2 saturated heterocycles. The average molecular weight is 741 g/mol. The molecule has 3 aromatic carbocycles. The van der Waals surface area contributed by atoms with Gasteiger partial charge in [-0.05, 0) is 149 Å². The van der Waals surface area contributed by atoms with Gasteiger partial charge in [-0.1, -0.05) is 42.5 Å². The molecule has 4 aliphatic rings. The normalized spacial score (nSPS) is 22.1. The van der Waals surface area contributed by atoms with Gasteiger partial charge < -0.3 is 19.4 Å². The molecule has 10 heteroatoms. The minimum absolute atomic E-state index is 0.114. The topological polar surface area (TPSA) is 116 Å². The van der Waals surface area contributed by atoms with Crippen molar-refractivity contribution in [3.8, 4) is 33.5 Å². The van der Waals surface area contributed by atoms with Crippen LogP contribution in [0.1, 0.15) is 133 Å². The number of likely N-dealkylation sites (tertiary alicyclic amines) is 2. The summed E-state index contributed by atoms with van der Waals surface area (Å²) >= 11 is 0. The van der Waals surface area contributed by atoms with Crippen molar-refractivity contribution in [3.05, 3.63) is 83.6 Å². The summed E-state index contributed by atoms with van der Waals surface area (Å²) in [5.41, 5.74) is 10.9. The Morgan fingerprint density at radius 1 is 0.673 bits per heavy atom. The Labute approximate surface area is 323 Å². The maximum atomic E-state index is 13.0. The third kappa shape index (κ3) is 6.67. The van der Waals surface area contributed by atoms with Crippen molar-refractivity contribution in [1.82, 2.24) is 29.7 Å². The molecule has 55 heavy (non-hydrogen) atoms. The molecule has 2 bridgehead atoms. The molecule has 5 aromatic rings. The van der Waals surface area contributed by atoms with E-state index in [0.717, 1.165) is 59.6 Å². The quantitative estimate of drug-likeness (QED) is 0.185. The summed E-state index contributed by atoms with van der Waals surface area (Å²) in [6.07, 6.45) is 8.59. The molecular weight excluding hydrogens is 689 g/mol. The molecule has 2 aliphatic heterocycles. The number of fused-ring (bicyclic) bond motifs is 6. The molecule has 9 rings (SSSR count). The van der Waals surface area contributed by atoms with Crippen LogP contribution in [0.25, 0.3) is 44.5 Å². The number of aromatic amines is 2. The number of H-pyrrole nitrogens is 2. The molecule has 286 valence electrons. The fourth-order valence-electron chi connectivity index (χ4n) is 9.54. The highest BCUT2D eigenvalue weighted by Gasteiger charge is 2.41. The maximum absolute atomic E-state index is 13.0. The fourth-order valence-corrected chi connectivity index (χ4v) is 9.54. The number of carbonyl (C=O) groups excluding carboxylic acids is 2. The van der Waals surface area contributed by atoms with E-state index < -0.39 is 11.2 Å². The Balaban J connectivity index is 0.972. The van der Waals surface area contributed by atoms with Gasteiger partial charge in [-0.15, -0.1) is 0 Å². The number of nitrogens with zero attached hydrogens (tertiary/aromatic N) is 4. The standard InChI is InChI=1S/C45H52N6O4/c1-44(2,3)54-42(52)50-21-7-9-36(50)40-46-25-35(49-40)27-13-11-26(12-14-27)31-18-19-32(39-30-16-15-29(23-30)38(31)39)28-17-20-33-34(24-28)48-41(47-33)37-10-8-22-51(37)43(53)55-45(4,5)6/h11-14,17-20,24-25,29-30,36-37H,7-10,15-16,21-23H2,1-6H3,(H,46,49)(H,47,48)/t29-,30+,36+,37+/m1/s1. The van der Waals surface area contributed by atoms with Crippen LogP contribution in [0.4, 0.5) is 9.59 Å². The number of carbonyl (C=O) groups is 2. The molecule has 2 aromatic heterocycles. The summed E-state index contributed by atoms with van der Waals surface area (Å²) in [4.78, 5) is 46.4. The van der Waals surface area contributed by atoms with Crippen molar-refractivity contribution in [2.75, 3.05) is 13.1 Å². The highest BCUT2D eigenvalue weighted by atomic mass is 16.6. The van der Waals surface area contributed by atoms with Crippen molar-refractivity contribution in [2.24, 2.45) is 0 Å². The van der Waals surface area contributed by atoms with Crippen LogP contribution in [0.5, 0.6) is 0 Å². The largest absolute Gasteiger partial charge is 0.444 e. The lowest BCUT2D eigenvalue weighted by Gasteiger charge is -2.27. The summed E-state index contributed by atoms with van der Waals surface area (Å²) in [5.74, 6) is 2.78. The molecule has 4 atom stereocenters. The van der Waals surface area contributed by atoms with Crippen LogP contribution in [0.15, 0.2) is 60.8 Å². The Bertz CT molecular complexity index is 2270. The first-order chi connectivity index (χ1) is 26.3. The monoisotopic (exact) mass is 740 g/mol. The van der Waals surface area contributed by atoms with Gasteiger partial charge in [0.1, 0.15) is 22.9 Å². The first kappa shape index (κ1) is 35.6. The number of amides is 2. The predicted molar refractivity (Wildman–Crippen MR) is 214 cm³/mol. The fraction of sp³-hybridized carbons (Fsp3) is 0.467. The van der Waals surface area contributed by atoms with E-state index in [4.69, 9.17) is 19.4 Å². The molecule has 3 fully saturated rings. The molecule has 2 amide bonds. The number of benzene rings is 3. The second-order valence-corrected chi connectivity index (χ2v) is 18.0. The third-order valence-corrected chi connectivity index (χ3v) is 11.8. The zero-order chi connectivity index (χ0) is 38.2. The van der Waals surface area contributed by atoms with Gasteiger partial charge in [0.25, 0.3) is 0 Å². The SMILES string of the molecule is CC(C)(C)OC(=O)N1CCC[C@H]1c1ncc(-c2ccc(-c3ccc(-c4ccc5nc([C@@H]6CCCN6C(=O)OC(C)(C)C)[nH]c5c4)c4c3[C@@H]3CC[C@H]4C3)cc2)[nH]1. The summed E-state index contributed by atoms with van der Waals surface area (Å²) in [6.45, 7) is 12.8. The number of nitrogens with one attached hydrogen (secondary N) is 2. The predicted octanol–water partition coefficient (Wildman–Crippen LogP) is 10.8. The van der Waals surface area contributed by atoms with Crippen LogP contribution < -0.4 is 0 Å². The van der Waals surface area contributed by atoms with E-state index >= 15 is 0 Å². The van der Waals surface area contributed by atoms with Gasteiger partial charge in [0.15, 0.2) is 0 Å². The van der Waals surface area contributed by atoms with Gasteiger partial charge in [0, 0.05) is 13.1 Å². The van der Waals surface area contributed by atoms with E-state index in [0.29, 0.717) is 24.9 Å². The molecule has 2 N–H and O–H groups in total. The summed E-state index contributed by atoms with van der Waals surface area (Å²) in [5, 5.41) is 0. The van der Waals surface area contributed by atoms with Crippen molar-refractivity contribution >= 4 is 23.2 Å². The smallest absolute Gasteiger partial charge is 0.410 e. The Morgan fingerprint density at radius 2 is 1.22 bits per heavy atom. The molecule has 1 saturated carbocycles. The van der Waals surface area contributed by atoms with Gasteiger partial charge in [-0.2, -0.15) is 0 Å². The van der Waals surface area contributed by atoms with Gasteiger partial charge in [-0.3, -0.25) is 9.80 Å². The van der Waals surface area contributed by atoms with Crippen molar-refractivity contribution in [3.63, 3.8) is 0 Å². The van der Waals surface area contributed by atoms with E-state index in [9.17, 15) is 9.59 Å². The van der Waals surface area contributed by atoms with Crippen LogP contribution in [0.3, 0.4) is 0 Å². The van der Waals surface area contributed by atoms with Crippen LogP contribution >= 0.6 is 0 Å². The first-order valence-electron chi connectivity index (χ1n) is 20.1. The van der Waals surface area contributed by atoms with Crippen molar-refractivity contribution in [2.45, 2.75) is 122 Å². The molecular formula is C45H52N6O4. The van der Waals surface area contributed by atoms with E-state index in [2.05, 4.69) is 64.6 Å². The molecule has 0 spiro atoms. The van der Waals surface area contributed by atoms with E-state index in [1.54, 1.807) is 4.90 Å². The van der Waals surface area contributed by atoms with Crippen molar-refractivity contribution in [1.29, 1.82) is 0 Å². The summed E-state index contributed by atoms with van der Waals surface area (Å²) < 4.78 is 11.4. The van der Waals surface area contributed by atoms with Crippen LogP contribution in [0, 0.1) is 0 Å². The second-order valence-electron chi connectivity index (χ2n) is 18.0. The Kier molecular flexibility index (Phi) is 8.59. The lowest BCUT2D eigenvalue weighted by atomic mass is 9.81. The number of hydrogen-bond donors (Lipinski definition) is 2. The van der Waals surface area contributed by atoms with Gasteiger partial charge in [-0.25, -0.2) is 19.6 Å². The molecule has 10 nitrogen and oxygen atoms in total. The van der Waals surface area contributed by atoms with Crippen LogP contribution in [0.2, 0.25) is 0 Å². The Hall–Kier alpha value is -5.12. The van der Waals surface area contributed by atoms with Gasteiger partial charge in [0.05, 0.1) is 35.0 Å². The highest BCUT2D eigenvalue weighted by Crippen LogP contribution is 2.58. The zero-order valence-electron chi connectivity index (χ0n) is 32.9. The highest BCUT2D eigenvalue weighted by molar-refractivity contribution is 5.86. The van der Waals surface area contributed by atoms with E-state index in [1.165, 1.54) is 52.6 Å². The minimum Gasteiger partial charge on any atom is -0.444 e. The van der Waals surface area contributed by atoms with Gasteiger partial charge in [0.2, 0.25) is 0 Å². The maximum Gasteiger partial charge on any atom is 0.410 e. The van der Waals surface area contributed by atoms with Crippen molar-refractivity contribution < 1.29 is 19.1 Å². The molecule has 0 unspecified atom stereocenters. The van der Waals surface area contributed by atoms with Crippen LogP contribution in [-0.4, -0.2) is 66.2 Å². The minimum atomic E-state index is -0.541. The number of hydrogen-bond acceptors (Lipinski definition) is 6. The molecule has 4 heterocycles. The lowest BCUT2D eigenvalue weighted by molar-refractivity contribution is 0.0208. The third-order valence-electron chi connectivity index (χ3n) is 11.8. The Morgan fingerprint density at radius 3 is 1.82 bits per heavy atom. The summed E-state index contributed by atoms with van der Waals surface area (Å²) in [7, 11) is 0. The zero-order valence-corrected chi connectivity index (χ0v) is 32.9. The number of rotatable bonds is 5. The number of aromatic nitrogens is 4. The number of ether oxygens (including phenoxy) is 2. The number of imidazole rings is 2. The van der Waals surface area contributed by atoms with E-state index in [-0.39, 0.29) is 24.3 Å². The molecule has 2 aliphatic carbocycles. The van der Waals surface area contributed by atoms with Gasteiger partial charge >= 0.3 is 12.2 Å². The average Bonchev–Trinajstić information content (AvgIpc) is 3.98.